The highest BCUT2D eigenvalue weighted by atomic mass is 35.5. The van der Waals surface area contributed by atoms with Crippen LogP contribution in [0.2, 0.25) is 0 Å². The molecule has 21 heavy (non-hydrogen) atoms. The molecule has 1 saturated heterocycles. The van der Waals surface area contributed by atoms with Gasteiger partial charge in [0.25, 0.3) is 0 Å². The van der Waals surface area contributed by atoms with Gasteiger partial charge in [-0.1, -0.05) is 11.2 Å². The molecule has 1 aliphatic rings. The molecule has 3 heterocycles. The lowest BCUT2D eigenvalue weighted by molar-refractivity contribution is -0.118. The number of halogens is 1. The summed E-state index contributed by atoms with van der Waals surface area (Å²) in [6.07, 6.45) is 0. The number of rotatable bonds is 4. The third-order valence-corrected chi connectivity index (χ3v) is 3.91. The first kappa shape index (κ1) is 16.0. The van der Waals surface area contributed by atoms with Crippen molar-refractivity contribution in [3.63, 3.8) is 0 Å². The van der Waals surface area contributed by atoms with Gasteiger partial charge in [-0.15, -0.1) is 23.7 Å². The lowest BCUT2D eigenvalue weighted by Gasteiger charge is -2.25. The zero-order valence-electron chi connectivity index (χ0n) is 11.3. The largest absolute Gasteiger partial charge is 0.379 e. The zero-order valence-corrected chi connectivity index (χ0v) is 12.9. The Kier molecular flexibility index (Phi) is 5.75. The van der Waals surface area contributed by atoms with E-state index in [0.29, 0.717) is 25.6 Å². The summed E-state index contributed by atoms with van der Waals surface area (Å²) in [5.41, 5.74) is 0.738. The van der Waals surface area contributed by atoms with Gasteiger partial charge in [0.15, 0.2) is 0 Å². The van der Waals surface area contributed by atoms with Gasteiger partial charge in [-0.2, -0.15) is 0 Å². The number of aromatic nitrogens is 1. The van der Waals surface area contributed by atoms with Crippen molar-refractivity contribution in [2.75, 3.05) is 38.2 Å². The van der Waals surface area contributed by atoms with Crippen LogP contribution in [0.25, 0.3) is 10.6 Å². The molecule has 0 spiro atoms. The second kappa shape index (κ2) is 7.56. The van der Waals surface area contributed by atoms with E-state index < -0.39 is 0 Å². The summed E-state index contributed by atoms with van der Waals surface area (Å²) >= 11 is 1.58. The third-order valence-electron chi connectivity index (χ3n) is 3.02. The smallest absolute Gasteiger partial charge is 0.240 e. The van der Waals surface area contributed by atoms with E-state index in [4.69, 9.17) is 9.26 Å². The Balaban J connectivity index is 0.00000161. The van der Waals surface area contributed by atoms with Crippen LogP contribution in [-0.4, -0.2) is 48.8 Å². The van der Waals surface area contributed by atoms with Gasteiger partial charge in [0.2, 0.25) is 11.8 Å². The Morgan fingerprint density at radius 2 is 2.24 bits per heavy atom. The highest BCUT2D eigenvalue weighted by Gasteiger charge is 2.16. The quantitative estimate of drug-likeness (QED) is 0.930. The monoisotopic (exact) mass is 329 g/mol. The molecule has 0 saturated carbocycles. The van der Waals surface area contributed by atoms with E-state index in [1.54, 1.807) is 17.4 Å². The molecule has 0 aromatic carbocycles. The molecule has 1 fully saturated rings. The van der Waals surface area contributed by atoms with Crippen LogP contribution in [-0.2, 0) is 9.53 Å². The van der Waals surface area contributed by atoms with Crippen LogP contribution in [0.4, 0.5) is 5.88 Å². The van der Waals surface area contributed by atoms with Crippen molar-refractivity contribution >= 4 is 35.5 Å². The summed E-state index contributed by atoms with van der Waals surface area (Å²) in [6.45, 7) is 3.27. The Hall–Kier alpha value is -1.41. The van der Waals surface area contributed by atoms with Gasteiger partial charge < -0.3 is 9.26 Å². The second-order valence-electron chi connectivity index (χ2n) is 4.49. The molecule has 0 aliphatic carbocycles. The van der Waals surface area contributed by atoms with Crippen LogP contribution in [0.5, 0.6) is 0 Å². The summed E-state index contributed by atoms with van der Waals surface area (Å²) in [7, 11) is 0. The van der Waals surface area contributed by atoms with E-state index >= 15 is 0 Å². The number of ether oxygens (including phenoxy) is 1. The maximum atomic E-state index is 11.9. The average molecular weight is 330 g/mol. The maximum Gasteiger partial charge on any atom is 0.240 e. The summed E-state index contributed by atoms with van der Waals surface area (Å²) in [5, 5.41) is 8.64. The molecular formula is C13H16ClN3O3S. The van der Waals surface area contributed by atoms with Crippen molar-refractivity contribution < 1.29 is 14.1 Å². The fourth-order valence-electron chi connectivity index (χ4n) is 2.01. The van der Waals surface area contributed by atoms with Crippen molar-refractivity contribution in [1.29, 1.82) is 0 Å². The summed E-state index contributed by atoms with van der Waals surface area (Å²) in [6, 6.07) is 5.65. The number of carbonyl (C=O) groups is 1. The number of anilines is 1. The highest BCUT2D eigenvalue weighted by Crippen LogP contribution is 2.25. The van der Waals surface area contributed by atoms with Gasteiger partial charge in [-0.25, -0.2) is 0 Å². The van der Waals surface area contributed by atoms with Crippen LogP contribution in [0.1, 0.15) is 0 Å². The minimum Gasteiger partial charge on any atom is -0.379 e. The number of nitrogens with one attached hydrogen (secondary N) is 1. The van der Waals surface area contributed by atoms with Crippen LogP contribution in [0, 0.1) is 0 Å². The first-order valence-corrected chi connectivity index (χ1v) is 7.30. The maximum absolute atomic E-state index is 11.9. The van der Waals surface area contributed by atoms with E-state index in [9.17, 15) is 4.79 Å². The fourth-order valence-corrected chi connectivity index (χ4v) is 2.69. The summed E-state index contributed by atoms with van der Waals surface area (Å²) in [5.74, 6) is 0.285. The van der Waals surface area contributed by atoms with Crippen LogP contribution < -0.4 is 5.32 Å². The van der Waals surface area contributed by atoms with E-state index in [1.165, 1.54) is 0 Å². The second-order valence-corrected chi connectivity index (χ2v) is 5.44. The SMILES string of the molecule is Cl.O=C(CN1CCOCC1)Nc1cc(-c2cccs2)no1. The molecule has 1 aliphatic heterocycles. The first-order chi connectivity index (χ1) is 9.81. The number of hydrogen-bond acceptors (Lipinski definition) is 6. The highest BCUT2D eigenvalue weighted by molar-refractivity contribution is 7.13. The van der Waals surface area contributed by atoms with Crippen LogP contribution in [0.3, 0.4) is 0 Å². The summed E-state index contributed by atoms with van der Waals surface area (Å²) in [4.78, 5) is 15.0. The Morgan fingerprint density at radius 1 is 1.43 bits per heavy atom. The van der Waals surface area contributed by atoms with E-state index in [-0.39, 0.29) is 18.3 Å². The number of nitrogens with zero attached hydrogens (tertiary/aromatic N) is 2. The predicted octanol–water partition coefficient (Wildman–Crippen LogP) is 2.10. The zero-order chi connectivity index (χ0) is 13.8. The van der Waals surface area contributed by atoms with Gasteiger partial charge in [0.1, 0.15) is 5.69 Å². The van der Waals surface area contributed by atoms with Crippen LogP contribution >= 0.6 is 23.7 Å². The van der Waals surface area contributed by atoms with E-state index in [1.807, 2.05) is 17.5 Å². The van der Waals surface area contributed by atoms with Gasteiger partial charge in [-0.3, -0.25) is 15.0 Å². The molecule has 0 radical (unpaired) electrons. The molecule has 6 nitrogen and oxygen atoms in total. The van der Waals surface area contributed by atoms with Gasteiger partial charge >= 0.3 is 0 Å². The molecule has 2 aromatic heterocycles. The third kappa shape index (κ3) is 4.28. The van der Waals surface area contributed by atoms with Crippen molar-refractivity contribution in [1.82, 2.24) is 10.1 Å². The normalized spacial score (nSPS) is 15.4. The summed E-state index contributed by atoms with van der Waals surface area (Å²) < 4.78 is 10.4. The molecule has 1 N–H and O–H groups in total. The van der Waals surface area contributed by atoms with Gasteiger partial charge in [0, 0.05) is 19.2 Å². The molecular weight excluding hydrogens is 314 g/mol. The Labute approximate surface area is 132 Å². The van der Waals surface area contributed by atoms with E-state index in [2.05, 4.69) is 15.4 Å². The number of thiophene rings is 1. The molecule has 8 heteroatoms. The minimum atomic E-state index is -0.0965. The average Bonchev–Trinajstić information content (AvgIpc) is 3.10. The molecule has 0 unspecified atom stereocenters. The fraction of sp³-hybridized carbons (Fsp3) is 0.385. The topological polar surface area (TPSA) is 67.6 Å². The standard InChI is InChI=1S/C13H15N3O3S.ClH/c17-12(9-16-3-5-18-6-4-16)14-13-8-10(15-19-13)11-2-1-7-20-11;/h1-2,7-8H,3-6,9H2,(H,14,17);1H. The van der Waals surface area contributed by atoms with Crippen molar-refractivity contribution in [2.24, 2.45) is 0 Å². The lowest BCUT2D eigenvalue weighted by atomic mass is 10.3. The van der Waals surface area contributed by atoms with Gasteiger partial charge in [0.05, 0.1) is 24.6 Å². The lowest BCUT2D eigenvalue weighted by Crippen LogP contribution is -2.41. The van der Waals surface area contributed by atoms with Crippen molar-refractivity contribution in [3.05, 3.63) is 23.6 Å². The number of amides is 1. The minimum absolute atomic E-state index is 0. The predicted molar refractivity (Wildman–Crippen MR) is 83.0 cm³/mol. The van der Waals surface area contributed by atoms with Crippen molar-refractivity contribution in [3.8, 4) is 10.6 Å². The first-order valence-electron chi connectivity index (χ1n) is 6.42. The molecule has 114 valence electrons. The molecule has 2 aromatic rings. The molecule has 1 amide bonds. The van der Waals surface area contributed by atoms with Crippen LogP contribution in [0.15, 0.2) is 28.1 Å². The molecule has 0 atom stereocenters. The number of hydrogen-bond donors (Lipinski definition) is 1. The number of carbonyl (C=O) groups excluding carboxylic acids is 1. The number of morpholine rings is 1. The Morgan fingerprint density at radius 3 is 2.95 bits per heavy atom. The molecule has 3 rings (SSSR count). The van der Waals surface area contributed by atoms with E-state index in [0.717, 1.165) is 23.7 Å². The van der Waals surface area contributed by atoms with Gasteiger partial charge in [-0.05, 0) is 11.4 Å². The van der Waals surface area contributed by atoms with Crippen molar-refractivity contribution in [2.45, 2.75) is 0 Å². The Bertz CT molecular complexity index is 567. The molecule has 0 bridgehead atoms.